The van der Waals surface area contributed by atoms with E-state index in [-0.39, 0.29) is 0 Å². The molecule has 0 saturated carbocycles. The second kappa shape index (κ2) is 4.00. The third kappa shape index (κ3) is 1.78. The van der Waals surface area contributed by atoms with Gasteiger partial charge in [0, 0.05) is 12.2 Å². The number of esters is 2. The van der Waals surface area contributed by atoms with Gasteiger partial charge in [-0.15, -0.1) is 0 Å². The van der Waals surface area contributed by atoms with Gasteiger partial charge in [0.2, 0.25) is 0 Å². The van der Waals surface area contributed by atoms with Crippen LogP contribution in [0.4, 0.5) is 0 Å². The molecule has 100 valence electrons. The highest BCUT2D eigenvalue weighted by Gasteiger charge is 2.68. The van der Waals surface area contributed by atoms with Gasteiger partial charge in [-0.25, -0.2) is 9.59 Å². The topological polar surface area (TPSA) is 143 Å². The summed E-state index contributed by atoms with van der Waals surface area (Å²) < 4.78 is 13.3. The standard InChI is InChI=1S/C9H10O9/c10-4-3-16-9(15)8(14,7(4)13)17-5(11)1-2-6(12)18-9/h1-2,4,7,10,13-15H,3H2/b2-1+/t4-,7+,8-,9?/m1/s1. The first-order chi connectivity index (χ1) is 8.28. The minimum absolute atomic E-state index is 0.619. The Labute approximate surface area is 99.8 Å². The molecule has 0 aromatic heterocycles. The van der Waals surface area contributed by atoms with Crippen molar-refractivity contribution >= 4 is 11.9 Å². The van der Waals surface area contributed by atoms with E-state index in [9.17, 15) is 30.0 Å². The van der Waals surface area contributed by atoms with Crippen molar-refractivity contribution in [2.75, 3.05) is 6.61 Å². The lowest BCUT2D eigenvalue weighted by molar-refractivity contribution is -0.497. The predicted molar refractivity (Wildman–Crippen MR) is 49.2 cm³/mol. The number of hydrogen-bond donors (Lipinski definition) is 4. The van der Waals surface area contributed by atoms with Gasteiger partial charge in [0.05, 0.1) is 6.61 Å². The Hall–Kier alpha value is -1.52. The number of hydrogen-bond acceptors (Lipinski definition) is 9. The highest BCUT2D eigenvalue weighted by molar-refractivity contribution is 5.92. The van der Waals surface area contributed by atoms with Crippen molar-refractivity contribution in [3.05, 3.63) is 12.2 Å². The molecule has 18 heavy (non-hydrogen) atoms. The molecule has 1 saturated heterocycles. The maximum Gasteiger partial charge on any atom is 0.399 e. The van der Waals surface area contributed by atoms with Crippen LogP contribution in [0.1, 0.15) is 0 Å². The van der Waals surface area contributed by atoms with Gasteiger partial charge in [0.15, 0.2) is 6.10 Å². The van der Waals surface area contributed by atoms with E-state index < -0.39 is 42.5 Å². The van der Waals surface area contributed by atoms with Crippen molar-refractivity contribution in [3.8, 4) is 0 Å². The summed E-state index contributed by atoms with van der Waals surface area (Å²) in [6, 6.07) is 0. The van der Waals surface area contributed by atoms with Crippen molar-refractivity contribution in [1.29, 1.82) is 0 Å². The fourth-order valence-corrected chi connectivity index (χ4v) is 1.56. The first kappa shape index (κ1) is 12.9. The van der Waals surface area contributed by atoms with Gasteiger partial charge in [0.1, 0.15) is 6.10 Å². The Morgan fingerprint density at radius 2 is 1.67 bits per heavy atom. The third-order valence-corrected chi connectivity index (χ3v) is 2.52. The van der Waals surface area contributed by atoms with Crippen LogP contribution in [0.5, 0.6) is 0 Å². The van der Waals surface area contributed by atoms with Crippen LogP contribution in [0, 0.1) is 0 Å². The minimum Gasteiger partial charge on any atom is -0.417 e. The highest BCUT2D eigenvalue weighted by Crippen LogP contribution is 2.37. The Balaban J connectivity index is 2.46. The van der Waals surface area contributed by atoms with Gasteiger partial charge in [-0.1, -0.05) is 0 Å². The summed E-state index contributed by atoms with van der Waals surface area (Å²) in [6.07, 6.45) is -2.52. The zero-order chi connectivity index (χ0) is 13.6. The van der Waals surface area contributed by atoms with Gasteiger partial charge in [0.25, 0.3) is 0 Å². The van der Waals surface area contributed by atoms with E-state index in [2.05, 4.69) is 14.2 Å². The van der Waals surface area contributed by atoms with Crippen LogP contribution in [0.2, 0.25) is 0 Å². The second-order valence-corrected chi connectivity index (χ2v) is 3.78. The molecule has 0 aliphatic carbocycles. The summed E-state index contributed by atoms with van der Waals surface area (Å²) in [4.78, 5) is 22.4. The van der Waals surface area contributed by atoms with E-state index in [0.29, 0.717) is 12.2 Å². The number of carbonyl (C=O) groups is 2. The van der Waals surface area contributed by atoms with E-state index in [1.807, 2.05) is 0 Å². The highest BCUT2D eigenvalue weighted by atomic mass is 16.9. The van der Waals surface area contributed by atoms with Crippen molar-refractivity contribution in [1.82, 2.24) is 0 Å². The average molecular weight is 262 g/mol. The predicted octanol–water partition coefficient (Wildman–Crippen LogP) is -3.27. The summed E-state index contributed by atoms with van der Waals surface area (Å²) >= 11 is 0. The molecule has 4 atom stereocenters. The largest absolute Gasteiger partial charge is 0.417 e. The molecule has 1 fully saturated rings. The third-order valence-electron chi connectivity index (χ3n) is 2.52. The molecular formula is C9H10O9. The number of aliphatic hydroxyl groups is 4. The summed E-state index contributed by atoms with van der Waals surface area (Å²) in [5.74, 6) is -8.67. The van der Waals surface area contributed by atoms with E-state index >= 15 is 0 Å². The molecule has 0 aromatic carbocycles. The number of fused-ring (bicyclic) bond motifs is 1. The fraction of sp³-hybridized carbons (Fsp3) is 0.556. The van der Waals surface area contributed by atoms with Gasteiger partial charge in [-0.05, 0) is 0 Å². The molecule has 0 aromatic rings. The lowest BCUT2D eigenvalue weighted by atomic mass is 9.99. The molecule has 9 heteroatoms. The van der Waals surface area contributed by atoms with Gasteiger partial charge < -0.3 is 34.6 Å². The first-order valence-corrected chi connectivity index (χ1v) is 4.87. The van der Waals surface area contributed by atoms with Crippen LogP contribution in [0.15, 0.2) is 12.2 Å². The normalized spacial score (nSPS) is 46.2. The van der Waals surface area contributed by atoms with Crippen LogP contribution < -0.4 is 0 Å². The van der Waals surface area contributed by atoms with Crippen LogP contribution >= 0.6 is 0 Å². The van der Waals surface area contributed by atoms with Crippen molar-refractivity contribution in [2.45, 2.75) is 24.0 Å². The summed E-state index contributed by atoms with van der Waals surface area (Å²) in [5, 5.41) is 38.7. The van der Waals surface area contributed by atoms with Crippen LogP contribution in [0.3, 0.4) is 0 Å². The van der Waals surface area contributed by atoms with Crippen molar-refractivity contribution < 1.29 is 44.2 Å². The maximum absolute atomic E-state index is 11.2. The van der Waals surface area contributed by atoms with E-state index in [1.54, 1.807) is 0 Å². The quantitative estimate of drug-likeness (QED) is 0.330. The molecule has 1 unspecified atom stereocenters. The van der Waals surface area contributed by atoms with Gasteiger partial charge in [-0.2, -0.15) is 0 Å². The lowest BCUT2D eigenvalue weighted by Gasteiger charge is -2.47. The number of ether oxygens (including phenoxy) is 3. The summed E-state index contributed by atoms with van der Waals surface area (Å²) in [6.45, 7) is -0.644. The molecule has 4 N–H and O–H groups in total. The van der Waals surface area contributed by atoms with Gasteiger partial charge >= 0.3 is 23.7 Å². The second-order valence-electron chi connectivity index (χ2n) is 3.78. The molecule has 2 rings (SSSR count). The first-order valence-electron chi connectivity index (χ1n) is 4.87. The Kier molecular flexibility index (Phi) is 2.87. The van der Waals surface area contributed by atoms with E-state index in [0.717, 1.165) is 0 Å². The van der Waals surface area contributed by atoms with E-state index in [4.69, 9.17) is 0 Å². The maximum atomic E-state index is 11.2. The molecule has 0 bridgehead atoms. The molecule has 2 aliphatic heterocycles. The average Bonchev–Trinajstić information content (AvgIpc) is 2.29. The molecule has 0 amide bonds. The Morgan fingerprint density at radius 1 is 1.11 bits per heavy atom. The van der Waals surface area contributed by atoms with Crippen molar-refractivity contribution in [3.63, 3.8) is 0 Å². The Morgan fingerprint density at radius 3 is 2.28 bits per heavy atom. The van der Waals surface area contributed by atoms with E-state index in [1.165, 1.54) is 0 Å². The van der Waals surface area contributed by atoms with Crippen LogP contribution in [-0.2, 0) is 23.8 Å². The number of carbonyl (C=O) groups excluding carboxylic acids is 2. The summed E-state index contributed by atoms with van der Waals surface area (Å²) in [7, 11) is 0. The smallest absolute Gasteiger partial charge is 0.399 e. The molecule has 2 heterocycles. The lowest BCUT2D eigenvalue weighted by Crippen LogP contribution is -2.73. The zero-order valence-electron chi connectivity index (χ0n) is 8.85. The number of rotatable bonds is 0. The zero-order valence-corrected chi connectivity index (χ0v) is 8.85. The molecular weight excluding hydrogens is 252 g/mol. The molecule has 9 nitrogen and oxygen atoms in total. The fourth-order valence-electron chi connectivity index (χ4n) is 1.56. The molecule has 2 aliphatic rings. The minimum atomic E-state index is -3.14. The monoisotopic (exact) mass is 262 g/mol. The van der Waals surface area contributed by atoms with Crippen LogP contribution in [0.25, 0.3) is 0 Å². The number of aliphatic hydroxyl groups excluding tert-OH is 2. The van der Waals surface area contributed by atoms with Crippen LogP contribution in [-0.4, -0.2) is 62.9 Å². The molecule has 0 radical (unpaired) electrons. The summed E-state index contributed by atoms with van der Waals surface area (Å²) in [5.41, 5.74) is 0. The SMILES string of the molecule is O=C1/C=C/C(=O)O[C@]2(O)[C@@H](O)[C@H](O)COC2(O)O1. The Bertz CT molecular complexity index is 418. The molecule has 0 spiro atoms. The van der Waals surface area contributed by atoms with Crippen molar-refractivity contribution in [2.24, 2.45) is 0 Å². The van der Waals surface area contributed by atoms with Gasteiger partial charge in [-0.3, -0.25) is 0 Å².